The Kier molecular flexibility index (Phi) is 28.4. The summed E-state index contributed by atoms with van der Waals surface area (Å²) in [5.74, 6) is 0. The summed E-state index contributed by atoms with van der Waals surface area (Å²) in [6.45, 7) is 13.8. The molecule has 0 aliphatic carbocycles. The highest BCUT2D eigenvalue weighted by Crippen LogP contribution is 2.26. The highest BCUT2D eigenvalue weighted by molar-refractivity contribution is 6.43. The van der Waals surface area contributed by atoms with Gasteiger partial charge >= 0.3 is 0 Å². The van der Waals surface area contributed by atoms with E-state index >= 15 is 0 Å². The number of hydrogen-bond acceptors (Lipinski definition) is 2. The zero-order valence-electron chi connectivity index (χ0n) is 36.3. The lowest BCUT2D eigenvalue weighted by Crippen LogP contribution is -2.13. The van der Waals surface area contributed by atoms with Crippen LogP contribution in [0.15, 0.2) is 46.4 Å². The number of rotatable bonds is 34. The molecule has 0 aromatic heterocycles. The fraction of sp³-hybridized carbons (Fsp3) is 0.725. The normalized spacial score (nSPS) is 12.3. The lowest BCUT2D eigenvalue weighted by atomic mass is 9.99. The lowest BCUT2D eigenvalue weighted by Gasteiger charge is -2.13. The highest BCUT2D eigenvalue weighted by atomic mass is 14.8. The Morgan fingerprint density at radius 3 is 0.925 bits per heavy atom. The second-order valence-corrected chi connectivity index (χ2v) is 16.3. The van der Waals surface area contributed by atoms with Crippen LogP contribution in [0.4, 0.5) is 11.4 Å². The van der Waals surface area contributed by atoms with Crippen LogP contribution in [0.2, 0.25) is 0 Å². The predicted octanol–water partition coefficient (Wildman–Crippen LogP) is 17.4. The maximum absolute atomic E-state index is 5.55. The molecular formula is C51H86N2. The first-order valence-electron chi connectivity index (χ1n) is 23.5. The summed E-state index contributed by atoms with van der Waals surface area (Å²) in [6, 6.07) is 14.5. The van der Waals surface area contributed by atoms with Crippen LogP contribution in [0.25, 0.3) is 0 Å². The van der Waals surface area contributed by atoms with Gasteiger partial charge in [0.05, 0.1) is 22.8 Å². The molecular weight excluding hydrogens is 641 g/mol. The molecule has 0 saturated heterocycles. The van der Waals surface area contributed by atoms with Gasteiger partial charge in [-0.25, -0.2) is 0 Å². The van der Waals surface area contributed by atoms with E-state index in [9.17, 15) is 0 Å². The number of aliphatic imine (C=N–C) groups is 2. The van der Waals surface area contributed by atoms with Crippen LogP contribution >= 0.6 is 0 Å². The first-order valence-corrected chi connectivity index (χ1v) is 23.5. The van der Waals surface area contributed by atoms with E-state index in [0.29, 0.717) is 0 Å². The number of nitrogens with zero attached hydrogens (tertiary/aromatic N) is 2. The van der Waals surface area contributed by atoms with Crippen LogP contribution in [0, 0.1) is 0 Å². The van der Waals surface area contributed by atoms with Crippen LogP contribution in [0.5, 0.6) is 0 Å². The lowest BCUT2D eigenvalue weighted by molar-refractivity contribution is 0.541. The Morgan fingerprint density at radius 1 is 0.321 bits per heavy atom. The van der Waals surface area contributed by atoms with E-state index in [2.05, 4.69) is 77.9 Å². The van der Waals surface area contributed by atoms with Crippen molar-refractivity contribution < 1.29 is 0 Å². The summed E-state index contributed by atoms with van der Waals surface area (Å²) in [7, 11) is 0. The zero-order valence-corrected chi connectivity index (χ0v) is 36.3. The minimum absolute atomic E-state index is 0.919. The smallest absolute Gasteiger partial charge is 0.0639 e. The molecule has 0 aliphatic heterocycles. The predicted molar refractivity (Wildman–Crippen MR) is 241 cm³/mol. The Morgan fingerprint density at radius 2 is 0.604 bits per heavy atom. The molecule has 0 bridgehead atoms. The van der Waals surface area contributed by atoms with E-state index in [0.717, 1.165) is 49.9 Å². The molecule has 300 valence electrons. The first-order chi connectivity index (χ1) is 26.1. The molecule has 0 aliphatic rings. The molecule has 2 nitrogen and oxygen atoms in total. The van der Waals surface area contributed by atoms with Gasteiger partial charge in [0.1, 0.15) is 0 Å². The Balaban J connectivity index is 2.32. The Hall–Kier alpha value is -2.22. The molecule has 0 amide bonds. The molecule has 2 rings (SSSR count). The second-order valence-electron chi connectivity index (χ2n) is 16.3. The molecule has 0 heterocycles. The maximum atomic E-state index is 5.55. The van der Waals surface area contributed by atoms with E-state index in [1.807, 2.05) is 0 Å². The SMILES string of the molecule is CCCCCCCCCCCCCCCC(=Nc1cc(CCCCC)cc(CCCCC)c1)C(CC)=Nc1cc(CCCCC)cc(CCCCC)c1. The van der Waals surface area contributed by atoms with Crippen molar-refractivity contribution in [3.05, 3.63) is 58.7 Å². The number of benzene rings is 2. The Bertz CT molecular complexity index is 1180. The third-order valence-electron chi connectivity index (χ3n) is 11.1. The molecule has 0 N–H and O–H groups in total. The third kappa shape index (κ3) is 22.7. The van der Waals surface area contributed by atoms with Gasteiger partial charge in [0.15, 0.2) is 0 Å². The van der Waals surface area contributed by atoms with E-state index in [-0.39, 0.29) is 0 Å². The molecule has 0 saturated carbocycles. The van der Waals surface area contributed by atoms with Crippen molar-refractivity contribution in [1.29, 1.82) is 0 Å². The summed E-state index contributed by atoms with van der Waals surface area (Å²) < 4.78 is 0. The van der Waals surface area contributed by atoms with Crippen LogP contribution in [-0.4, -0.2) is 11.4 Å². The van der Waals surface area contributed by atoms with Crippen molar-refractivity contribution in [1.82, 2.24) is 0 Å². The van der Waals surface area contributed by atoms with E-state index in [4.69, 9.17) is 9.98 Å². The second kappa shape index (κ2) is 32.1. The van der Waals surface area contributed by atoms with Crippen molar-refractivity contribution in [3.63, 3.8) is 0 Å². The van der Waals surface area contributed by atoms with Gasteiger partial charge in [-0.15, -0.1) is 0 Å². The fourth-order valence-electron chi connectivity index (χ4n) is 7.74. The highest BCUT2D eigenvalue weighted by Gasteiger charge is 2.12. The van der Waals surface area contributed by atoms with Crippen LogP contribution < -0.4 is 0 Å². The average Bonchev–Trinajstić information content (AvgIpc) is 3.15. The van der Waals surface area contributed by atoms with Gasteiger partial charge in [0.25, 0.3) is 0 Å². The first kappa shape index (κ1) is 46.9. The number of hydrogen-bond donors (Lipinski definition) is 0. The molecule has 0 radical (unpaired) electrons. The largest absolute Gasteiger partial charge is 0.252 e. The molecule has 2 heteroatoms. The van der Waals surface area contributed by atoms with E-state index < -0.39 is 0 Å². The van der Waals surface area contributed by atoms with Gasteiger partial charge in [-0.3, -0.25) is 9.98 Å². The van der Waals surface area contributed by atoms with Crippen LogP contribution in [0.3, 0.4) is 0 Å². The quantitative estimate of drug-likeness (QED) is 0.0507. The van der Waals surface area contributed by atoms with E-state index in [1.165, 1.54) is 194 Å². The summed E-state index contributed by atoms with van der Waals surface area (Å²) in [5, 5.41) is 0. The van der Waals surface area contributed by atoms with E-state index in [1.54, 1.807) is 0 Å². The van der Waals surface area contributed by atoms with Crippen molar-refractivity contribution >= 4 is 22.8 Å². The third-order valence-corrected chi connectivity index (χ3v) is 11.1. The molecule has 2 aromatic rings. The molecule has 0 atom stereocenters. The molecule has 0 fully saturated rings. The molecule has 2 aromatic carbocycles. The molecule has 0 spiro atoms. The van der Waals surface area contributed by atoms with Gasteiger partial charge in [-0.1, -0.05) is 182 Å². The molecule has 0 unspecified atom stereocenters. The van der Waals surface area contributed by atoms with Gasteiger partial charge in [-0.05, 0) is 117 Å². The number of aryl methyl sites for hydroxylation is 4. The van der Waals surface area contributed by atoms with Crippen molar-refractivity contribution in [2.75, 3.05) is 0 Å². The van der Waals surface area contributed by atoms with Gasteiger partial charge in [-0.2, -0.15) is 0 Å². The monoisotopic (exact) mass is 727 g/mol. The van der Waals surface area contributed by atoms with Crippen LogP contribution in [-0.2, 0) is 25.7 Å². The summed E-state index contributed by atoms with van der Waals surface area (Å²) in [4.78, 5) is 11.0. The van der Waals surface area contributed by atoms with Gasteiger partial charge < -0.3 is 0 Å². The average molecular weight is 727 g/mol. The summed E-state index contributed by atoms with van der Waals surface area (Å²) >= 11 is 0. The standard InChI is InChI=1S/C51H86N2/c1-7-13-18-19-20-21-22-23-24-25-26-27-32-37-51(53-49-42-46(35-30-16-10-4)39-47(43-49)36-31-17-11-5)50(12-6)52-48-40-44(33-28-14-8-2)38-45(41-48)34-29-15-9-3/h38-43H,7-37H2,1-6H3. The molecule has 53 heavy (non-hydrogen) atoms. The minimum atomic E-state index is 0.919. The number of unbranched alkanes of at least 4 members (excludes halogenated alkanes) is 20. The van der Waals surface area contributed by atoms with Crippen molar-refractivity contribution in [3.8, 4) is 0 Å². The van der Waals surface area contributed by atoms with Gasteiger partial charge in [0.2, 0.25) is 0 Å². The van der Waals surface area contributed by atoms with Crippen LogP contribution in [0.1, 0.15) is 237 Å². The maximum Gasteiger partial charge on any atom is 0.0639 e. The van der Waals surface area contributed by atoms with Crippen molar-refractivity contribution in [2.45, 2.75) is 241 Å². The summed E-state index contributed by atoms with van der Waals surface area (Å²) in [6.07, 6.45) is 39.9. The van der Waals surface area contributed by atoms with Gasteiger partial charge in [0, 0.05) is 0 Å². The zero-order chi connectivity index (χ0) is 38.2. The fourth-order valence-corrected chi connectivity index (χ4v) is 7.74. The Labute approximate surface area is 331 Å². The minimum Gasteiger partial charge on any atom is -0.252 e. The van der Waals surface area contributed by atoms with Crippen molar-refractivity contribution in [2.24, 2.45) is 9.98 Å². The summed E-state index contributed by atoms with van der Waals surface area (Å²) in [5.41, 5.74) is 10.6. The topological polar surface area (TPSA) is 24.7 Å².